The van der Waals surface area contributed by atoms with E-state index < -0.39 is 0 Å². The van der Waals surface area contributed by atoms with E-state index in [0.717, 1.165) is 42.3 Å². The van der Waals surface area contributed by atoms with Gasteiger partial charge in [-0.2, -0.15) is 5.10 Å². The molecule has 0 saturated heterocycles. The van der Waals surface area contributed by atoms with Crippen LogP contribution in [0.2, 0.25) is 0 Å². The van der Waals surface area contributed by atoms with Gasteiger partial charge in [0.05, 0.1) is 11.4 Å². The molecule has 0 aromatic carbocycles. The zero-order valence-corrected chi connectivity index (χ0v) is 17.9. The average molecular weight is 404 g/mol. The number of likely N-dealkylation sites (N-methyl/N-ethyl adjacent to an activating group) is 2. The summed E-state index contributed by atoms with van der Waals surface area (Å²) >= 11 is 1.28. The van der Waals surface area contributed by atoms with Gasteiger partial charge in [0.2, 0.25) is 5.91 Å². The first-order chi connectivity index (χ1) is 13.3. The Kier molecular flexibility index (Phi) is 6.17. The summed E-state index contributed by atoms with van der Waals surface area (Å²) in [5, 5.41) is 9.12. The number of nitrogens with zero attached hydrogens (tertiary/aromatic N) is 4. The second-order valence-electron chi connectivity index (χ2n) is 7.76. The van der Waals surface area contributed by atoms with Gasteiger partial charge in [0, 0.05) is 38.5 Å². The summed E-state index contributed by atoms with van der Waals surface area (Å²) in [6.45, 7) is 4.80. The van der Waals surface area contributed by atoms with Crippen molar-refractivity contribution >= 4 is 39.1 Å². The molecule has 0 aliphatic heterocycles. The Morgan fingerprint density at radius 3 is 2.39 bits per heavy atom. The number of hydrogen-bond donors (Lipinski definition) is 1. The first-order valence-corrected chi connectivity index (χ1v) is 10.6. The largest absolute Gasteiger partial charge is 0.397 e. The van der Waals surface area contributed by atoms with Crippen molar-refractivity contribution in [3.05, 3.63) is 16.1 Å². The summed E-state index contributed by atoms with van der Waals surface area (Å²) in [7, 11) is 3.57. The number of carbonyl (C=O) groups excluding carboxylic acids is 2. The van der Waals surface area contributed by atoms with Gasteiger partial charge in [0.1, 0.15) is 9.71 Å². The van der Waals surface area contributed by atoms with Gasteiger partial charge >= 0.3 is 0 Å². The lowest BCUT2D eigenvalue weighted by Gasteiger charge is -2.28. The Morgan fingerprint density at radius 1 is 1.07 bits per heavy atom. The first-order valence-electron chi connectivity index (χ1n) is 9.83. The maximum absolute atomic E-state index is 12.9. The molecule has 2 aromatic heterocycles. The third kappa shape index (κ3) is 3.97. The minimum absolute atomic E-state index is 0.141. The molecule has 8 heteroatoms. The smallest absolute Gasteiger partial charge is 0.265 e. The number of anilines is 1. The van der Waals surface area contributed by atoms with E-state index in [1.807, 2.05) is 20.9 Å². The fraction of sp³-hybridized carbons (Fsp3) is 0.600. The van der Waals surface area contributed by atoms with E-state index in [-0.39, 0.29) is 17.7 Å². The Hall–Kier alpha value is -2.22. The third-order valence-electron chi connectivity index (χ3n) is 5.78. The van der Waals surface area contributed by atoms with Gasteiger partial charge in [-0.15, -0.1) is 16.4 Å². The number of nitrogen functional groups attached to an aromatic ring is 1. The molecule has 2 amide bonds. The van der Waals surface area contributed by atoms with E-state index in [2.05, 4.69) is 10.2 Å². The first kappa shape index (κ1) is 20.5. The van der Waals surface area contributed by atoms with Crippen molar-refractivity contribution in [3.63, 3.8) is 0 Å². The van der Waals surface area contributed by atoms with Gasteiger partial charge in [-0.1, -0.05) is 19.3 Å². The maximum atomic E-state index is 12.9. The summed E-state index contributed by atoms with van der Waals surface area (Å²) in [6.07, 6.45) is 5.46. The fourth-order valence-corrected chi connectivity index (χ4v) is 4.84. The Morgan fingerprint density at radius 2 is 1.71 bits per heavy atom. The second kappa shape index (κ2) is 8.43. The molecule has 0 radical (unpaired) electrons. The number of hydrogen-bond acceptors (Lipinski definition) is 6. The van der Waals surface area contributed by atoms with Crippen LogP contribution in [-0.2, 0) is 4.79 Å². The molecule has 2 heterocycles. The lowest BCUT2D eigenvalue weighted by atomic mass is 9.88. The lowest BCUT2D eigenvalue weighted by molar-refractivity contribution is -0.135. The van der Waals surface area contributed by atoms with E-state index in [9.17, 15) is 9.59 Å². The van der Waals surface area contributed by atoms with Crippen LogP contribution in [0, 0.1) is 19.8 Å². The predicted octanol–water partition coefficient (Wildman–Crippen LogP) is 3.00. The van der Waals surface area contributed by atoms with Crippen LogP contribution in [0.3, 0.4) is 0 Å². The molecule has 7 nitrogen and oxygen atoms in total. The van der Waals surface area contributed by atoms with Crippen molar-refractivity contribution in [2.75, 3.05) is 32.9 Å². The van der Waals surface area contributed by atoms with Crippen LogP contribution in [0.15, 0.2) is 0 Å². The molecule has 2 N–H and O–H groups in total. The number of carbonyl (C=O) groups is 2. The van der Waals surface area contributed by atoms with Crippen LogP contribution < -0.4 is 5.73 Å². The number of fused-ring (bicyclic) bond motifs is 1. The summed E-state index contributed by atoms with van der Waals surface area (Å²) in [6, 6.07) is 0. The zero-order chi connectivity index (χ0) is 20.4. The number of thiophene rings is 1. The van der Waals surface area contributed by atoms with Crippen LogP contribution in [0.1, 0.15) is 53.0 Å². The number of aryl methyl sites for hydroxylation is 2. The molecular formula is C20H29N5O2S. The fourth-order valence-electron chi connectivity index (χ4n) is 3.75. The van der Waals surface area contributed by atoms with E-state index >= 15 is 0 Å². The third-order valence-corrected chi connectivity index (χ3v) is 6.86. The SMILES string of the molecule is Cc1nnc2sc(C(=O)N(C)CCN(C)C(=O)C3CCCCC3)c(N)c2c1C. The zero-order valence-electron chi connectivity index (χ0n) is 17.1. The van der Waals surface area contributed by atoms with Crippen molar-refractivity contribution in [1.29, 1.82) is 0 Å². The summed E-state index contributed by atoms with van der Waals surface area (Å²) < 4.78 is 0. The average Bonchev–Trinajstić information content (AvgIpc) is 3.05. The standard InChI is InChI=1S/C20H29N5O2S/c1-12-13(2)22-23-18-15(12)16(21)17(28-18)20(27)25(4)11-10-24(3)19(26)14-8-6-5-7-9-14/h14H,5-11,21H2,1-4H3. The lowest BCUT2D eigenvalue weighted by Crippen LogP contribution is -2.40. The normalized spacial score (nSPS) is 15.0. The molecule has 1 aliphatic carbocycles. The Balaban J connectivity index is 1.66. The molecule has 3 rings (SSSR count). The van der Waals surface area contributed by atoms with Gasteiger partial charge in [-0.3, -0.25) is 9.59 Å². The highest BCUT2D eigenvalue weighted by Gasteiger charge is 2.26. The van der Waals surface area contributed by atoms with Crippen molar-refractivity contribution in [1.82, 2.24) is 20.0 Å². The number of rotatable bonds is 5. The molecule has 1 aliphatic rings. The minimum Gasteiger partial charge on any atom is -0.397 e. The highest BCUT2D eigenvalue weighted by atomic mass is 32.1. The van der Waals surface area contributed by atoms with E-state index in [4.69, 9.17) is 5.73 Å². The van der Waals surface area contributed by atoms with Gasteiger partial charge in [0.25, 0.3) is 5.91 Å². The number of nitrogens with two attached hydrogens (primary N) is 1. The van der Waals surface area contributed by atoms with Gasteiger partial charge in [-0.25, -0.2) is 0 Å². The molecule has 0 spiro atoms. The summed E-state index contributed by atoms with van der Waals surface area (Å²) in [5.74, 6) is 0.196. The van der Waals surface area contributed by atoms with Gasteiger partial charge in [0.15, 0.2) is 0 Å². The van der Waals surface area contributed by atoms with E-state index in [0.29, 0.717) is 28.5 Å². The Labute approximate surface area is 169 Å². The van der Waals surface area contributed by atoms with Crippen molar-refractivity contribution < 1.29 is 9.59 Å². The highest BCUT2D eigenvalue weighted by Crippen LogP contribution is 2.35. The molecule has 2 aromatic rings. The van der Waals surface area contributed by atoms with Crippen LogP contribution >= 0.6 is 11.3 Å². The van der Waals surface area contributed by atoms with E-state index in [1.54, 1.807) is 16.8 Å². The van der Waals surface area contributed by atoms with Crippen LogP contribution in [0.25, 0.3) is 10.2 Å². The summed E-state index contributed by atoms with van der Waals surface area (Å²) in [4.78, 5) is 30.1. The maximum Gasteiger partial charge on any atom is 0.265 e. The summed E-state index contributed by atoms with van der Waals surface area (Å²) in [5.41, 5.74) is 8.52. The monoisotopic (exact) mass is 403 g/mol. The van der Waals surface area contributed by atoms with Crippen molar-refractivity contribution in [2.45, 2.75) is 46.0 Å². The number of aromatic nitrogens is 2. The number of amides is 2. The van der Waals surface area contributed by atoms with Gasteiger partial charge in [-0.05, 0) is 32.3 Å². The molecule has 0 atom stereocenters. The van der Waals surface area contributed by atoms with Crippen molar-refractivity contribution in [3.8, 4) is 0 Å². The highest BCUT2D eigenvalue weighted by molar-refractivity contribution is 7.21. The van der Waals surface area contributed by atoms with Crippen LogP contribution in [0.4, 0.5) is 5.69 Å². The molecule has 0 unspecified atom stereocenters. The second-order valence-corrected chi connectivity index (χ2v) is 8.76. The topological polar surface area (TPSA) is 92.4 Å². The van der Waals surface area contributed by atoms with Gasteiger partial charge < -0.3 is 15.5 Å². The van der Waals surface area contributed by atoms with Crippen LogP contribution in [0.5, 0.6) is 0 Å². The van der Waals surface area contributed by atoms with Crippen molar-refractivity contribution in [2.24, 2.45) is 5.92 Å². The van der Waals surface area contributed by atoms with Crippen LogP contribution in [-0.4, -0.2) is 59.0 Å². The quantitative estimate of drug-likeness (QED) is 0.828. The minimum atomic E-state index is -0.143. The molecule has 152 valence electrons. The molecule has 28 heavy (non-hydrogen) atoms. The predicted molar refractivity (Wildman–Crippen MR) is 112 cm³/mol. The molecule has 1 saturated carbocycles. The molecule has 0 bridgehead atoms. The van der Waals surface area contributed by atoms with E-state index in [1.165, 1.54) is 17.8 Å². The molecular weight excluding hydrogens is 374 g/mol. The Bertz CT molecular complexity index is 888. The molecule has 1 fully saturated rings.